The predicted molar refractivity (Wildman–Crippen MR) is 561 cm³/mol. The van der Waals surface area contributed by atoms with E-state index < -0.39 is 77.9 Å². The van der Waals surface area contributed by atoms with Gasteiger partial charge in [-0.2, -0.15) is 0 Å². The van der Waals surface area contributed by atoms with Crippen LogP contribution >= 0.6 is 0 Å². The van der Waals surface area contributed by atoms with Crippen molar-refractivity contribution in [2.24, 2.45) is 0 Å². The van der Waals surface area contributed by atoms with Crippen molar-refractivity contribution in [3.8, 4) is 0 Å². The fourth-order valence-corrected chi connectivity index (χ4v) is 21.9. The van der Waals surface area contributed by atoms with Crippen molar-refractivity contribution in [1.29, 1.82) is 0 Å². The number of rotatable bonds is 14. The third-order valence-corrected chi connectivity index (χ3v) is 27.7. The topological polar surface area (TPSA) is 51.8 Å². The quantitative estimate of drug-likeness (QED) is 0.104. The number of aryl methyl sites for hydroxylation is 4. The molecule has 0 radical (unpaired) electrons. The molecule has 8 aliphatic heterocycles. The summed E-state index contributed by atoms with van der Waals surface area (Å²) >= 11 is 0. The maximum Gasteiger partial charge on any atom is 0.104 e. The molecule has 16 heteroatoms. The summed E-state index contributed by atoms with van der Waals surface area (Å²) < 4.78 is 174. The van der Waals surface area contributed by atoms with Gasteiger partial charge in [0.05, 0.1) is 93.7 Å². The Bertz CT molecular complexity index is 7030. The van der Waals surface area contributed by atoms with E-state index in [2.05, 4.69) is 226 Å². The molecule has 0 aromatic heterocycles. The first kappa shape index (κ1) is 66.8. The van der Waals surface area contributed by atoms with Crippen LogP contribution in [0.15, 0.2) is 243 Å². The zero-order chi connectivity index (χ0) is 110. The van der Waals surface area contributed by atoms with Gasteiger partial charge in [-0.3, -0.25) is 0 Å². The van der Waals surface area contributed by atoms with Crippen molar-refractivity contribution in [2.45, 2.75) is 253 Å². The van der Waals surface area contributed by atoms with E-state index in [4.69, 9.17) is 28.8 Å². The van der Waals surface area contributed by atoms with Crippen molar-refractivity contribution in [2.75, 3.05) is 105 Å². The molecule has 12 aromatic rings. The summed E-state index contributed by atoms with van der Waals surface area (Å²) in [5.41, 5.74) is 30.9. The Labute approximate surface area is 807 Å². The number of fused-ring (bicyclic) bond motifs is 8. The highest BCUT2D eigenvalue weighted by Crippen LogP contribution is 2.57. The van der Waals surface area contributed by atoms with Gasteiger partial charge in [-0.05, 0) is 370 Å². The number of benzene rings is 12. The van der Waals surface area contributed by atoms with Crippen LogP contribution in [0.5, 0.6) is 0 Å². The molecule has 1 unspecified atom stereocenters. The average Bonchev–Trinajstić information content (AvgIpc) is 1.56. The van der Waals surface area contributed by atoms with Crippen LogP contribution in [-0.2, 0) is 0 Å². The minimum atomic E-state index is -3.17. The fraction of sp³-hybridized carbons (Fsp3) is 0.368. The van der Waals surface area contributed by atoms with Crippen LogP contribution in [0.1, 0.15) is 198 Å². The number of hydrogen-bond donors (Lipinski definition) is 0. The second kappa shape index (κ2) is 35.4. The summed E-state index contributed by atoms with van der Waals surface area (Å²) in [4.78, 5) is 32.5. The third-order valence-electron chi connectivity index (χ3n) is 27.7. The normalized spacial score (nSPS) is 23.3. The molecular weight excluding hydrogens is 1590 g/mol. The molecule has 16 nitrogen and oxygen atoms in total. The van der Waals surface area contributed by atoms with Gasteiger partial charge in [-0.25, -0.2) is 0 Å². The average molecular weight is 1760 g/mol. The molecule has 0 spiro atoms. The molecule has 0 saturated carbocycles. The van der Waals surface area contributed by atoms with Gasteiger partial charge in [0.25, 0.3) is 0 Å². The smallest absolute Gasteiger partial charge is 0.104 e. The Kier molecular flexibility index (Phi) is 18.2. The van der Waals surface area contributed by atoms with Gasteiger partial charge >= 0.3 is 0 Å². The Morgan fingerprint density at radius 3 is 0.731 bits per heavy atom. The van der Waals surface area contributed by atoms with Crippen LogP contribution < -0.4 is 78.4 Å². The van der Waals surface area contributed by atoms with E-state index in [1.54, 1.807) is 64.9 Å². The maximum absolute atomic E-state index is 9.04. The number of hydrogen-bond acceptors (Lipinski definition) is 16. The molecule has 8 heterocycles. The highest BCUT2D eigenvalue weighted by atomic mass is 15.5. The molecule has 676 valence electrons. The van der Waals surface area contributed by atoms with Crippen LogP contribution in [-0.4, -0.2) is 100 Å². The van der Waals surface area contributed by atoms with Gasteiger partial charge in [-0.1, -0.05) is 97.1 Å². The number of para-hydroxylation sites is 16. The van der Waals surface area contributed by atoms with Gasteiger partial charge < -0.3 is 78.4 Å². The maximum atomic E-state index is 9.04. The van der Waals surface area contributed by atoms with Crippen LogP contribution in [0.25, 0.3) is 0 Å². The van der Waals surface area contributed by atoms with Crippen molar-refractivity contribution in [3.63, 3.8) is 0 Å². The van der Waals surface area contributed by atoms with E-state index in [1.807, 2.05) is 173 Å². The summed E-state index contributed by atoms with van der Waals surface area (Å²) in [7, 11) is 2.13. The van der Waals surface area contributed by atoms with E-state index in [-0.39, 0.29) is 30.8 Å². The SMILES string of the molecule is Cc1cc(N2c3ccccc3N(C(C)C)[C@@H]2C)c(C)c(N2c3ccccc3N(C(C)C)[C@H]2C)c1.[2H]C([2H])(C)N1c2ccccc2N(c2cc(C)cc(N3c4ccccc4N(C([2H])([2H])C([2H])([2H])[2H])[C@H]3C)c2C)[C@H]1C.[2H]C([2H])([2H])C([2H])(C)N1c2ccccc2N(c2cc(C)cc(N3c4ccccc4N(C([2H])(C([2H])([2H])[2H])C([2H])([2H])[2H])[C@H]3C)c2C)[C@H]1C.[2H]C([2H])([2H])N1c2ccccc2N(c2cc(C)cc(N3c4ccccc4N(C)[C@@H]3C)c2C)[C@@H]1C. The van der Waals surface area contributed by atoms with Crippen LogP contribution in [0.3, 0.4) is 0 Å². The first-order valence-electron chi connectivity index (χ1n) is 56.2. The van der Waals surface area contributed by atoms with E-state index in [0.29, 0.717) is 40.5 Å². The molecule has 8 aliphatic rings. The predicted octanol–water partition coefficient (Wildman–Crippen LogP) is 28.6. The minimum Gasteiger partial charge on any atom is -0.353 e. The van der Waals surface area contributed by atoms with Gasteiger partial charge in [-0.15, -0.1) is 0 Å². The lowest BCUT2D eigenvalue weighted by Gasteiger charge is -2.36. The molecule has 9 atom stereocenters. The molecular formula is C114H140N16. The van der Waals surface area contributed by atoms with E-state index in [1.165, 1.54) is 73.3 Å². The van der Waals surface area contributed by atoms with Gasteiger partial charge in [0.2, 0.25) is 0 Å². The summed E-state index contributed by atoms with van der Waals surface area (Å²) in [6, 6.07) is 76.5. The Balaban J connectivity index is 0.000000138. The summed E-state index contributed by atoms with van der Waals surface area (Å²) in [5, 5.41) is 0. The number of anilines is 24. The van der Waals surface area contributed by atoms with Crippen molar-refractivity contribution in [3.05, 3.63) is 287 Å². The number of nitrogens with zero attached hydrogens (tertiary/aromatic N) is 16. The highest BCUT2D eigenvalue weighted by Gasteiger charge is 2.45. The Morgan fingerprint density at radius 1 is 0.254 bits per heavy atom. The minimum absolute atomic E-state index is 0.165. The van der Waals surface area contributed by atoms with Crippen molar-refractivity contribution in [1.82, 2.24) is 0 Å². The van der Waals surface area contributed by atoms with Gasteiger partial charge in [0, 0.05) is 123 Å². The molecule has 0 aliphatic carbocycles. The standard InChI is InChI=1S/2C30H38N4.C28H34N4.C26H30N4/c2*1-19(2)31-23(7)33(27-15-11-9-13-25(27)31)29-17-21(5)18-30(22(29)6)34-24(8)32(20(3)4)26-14-10-12-16-28(26)34;1-7-29-21(5)31(25-15-11-9-13-23(25)29)27-17-19(3)18-28(20(27)4)32-22(6)30(8-2)24-14-10-12-16-26(24)32;1-17-15-25(29-19(3)27(5)21-11-7-9-13-23(21)29)18(2)26(16-17)30-20(4)28(6)22-12-8-10-14-24(22)30/h2*9-20,23-24H,1-8H3;9-18,21-22H,7-8H2,1-6H3;7-16,19-20H,1-6H3/t2*23-,24+;21-,22+;19-,20+/i1D3,2D3,3D3,19D,20D;;1D3,7D2,8D2;5D3/t20?,23-,24+;;2m/m1.11/s1. The van der Waals surface area contributed by atoms with Crippen LogP contribution in [0.2, 0.25) is 0 Å². The van der Waals surface area contributed by atoms with Gasteiger partial charge in [0.1, 0.15) is 49.3 Å². The lowest BCUT2D eigenvalue weighted by Crippen LogP contribution is -2.43. The molecule has 0 bridgehead atoms. The van der Waals surface area contributed by atoms with E-state index in [9.17, 15) is 0 Å². The fourth-order valence-electron chi connectivity index (χ4n) is 21.9. The van der Waals surface area contributed by atoms with Crippen LogP contribution in [0, 0.1) is 55.4 Å². The zero-order valence-electron chi connectivity index (χ0n) is 101. The lowest BCUT2D eigenvalue weighted by atomic mass is 10.0. The second-order valence-electron chi connectivity index (χ2n) is 36.4. The van der Waals surface area contributed by atoms with Crippen LogP contribution in [0.4, 0.5) is 136 Å². The molecule has 130 heavy (non-hydrogen) atoms. The monoisotopic (exact) mass is 1750 g/mol. The lowest BCUT2D eigenvalue weighted by molar-refractivity contribution is 0.603. The largest absolute Gasteiger partial charge is 0.353 e. The summed E-state index contributed by atoms with van der Waals surface area (Å²) in [5.74, 6) is 0. The molecule has 0 fully saturated rings. The molecule has 0 N–H and O–H groups in total. The first-order valence-corrected chi connectivity index (χ1v) is 45.7. The molecule has 0 saturated heterocycles. The molecule has 20 rings (SSSR count). The highest BCUT2D eigenvalue weighted by molar-refractivity contribution is 5.96. The molecule has 0 amide bonds. The van der Waals surface area contributed by atoms with Crippen molar-refractivity contribution >= 4 is 136 Å². The Morgan fingerprint density at radius 2 is 0.462 bits per heavy atom. The van der Waals surface area contributed by atoms with E-state index in [0.717, 1.165) is 95.9 Å². The zero-order valence-corrected chi connectivity index (χ0v) is 79.5. The summed E-state index contributed by atoms with van der Waals surface area (Å²) in [6.07, 6.45) is -2.03. The van der Waals surface area contributed by atoms with E-state index >= 15 is 0 Å². The molecule has 12 aromatic carbocycles. The van der Waals surface area contributed by atoms with Crippen molar-refractivity contribution < 1.29 is 28.8 Å². The van der Waals surface area contributed by atoms with Gasteiger partial charge in [0.15, 0.2) is 0 Å². The summed E-state index contributed by atoms with van der Waals surface area (Å²) in [6.45, 7) is 26.7. The second-order valence-corrected chi connectivity index (χ2v) is 36.4. The Hall–Kier alpha value is -12.6. The third kappa shape index (κ3) is 14.8. The first-order chi connectivity index (χ1) is 70.5.